The van der Waals surface area contributed by atoms with E-state index in [-0.39, 0.29) is 0 Å². The van der Waals surface area contributed by atoms with Crippen LogP contribution in [0.3, 0.4) is 0 Å². The van der Waals surface area contributed by atoms with Gasteiger partial charge in [0.15, 0.2) is 0 Å². The molecule has 1 aliphatic heterocycles. The predicted octanol–water partition coefficient (Wildman–Crippen LogP) is 3.38. The molecule has 19 heavy (non-hydrogen) atoms. The lowest BCUT2D eigenvalue weighted by atomic mass is 10.2. The first-order valence-corrected chi connectivity index (χ1v) is 7.94. The first-order valence-electron chi connectivity index (χ1n) is 6.96. The number of amides is 1. The highest BCUT2D eigenvalue weighted by Crippen LogP contribution is 2.34. The first-order chi connectivity index (χ1) is 9.26. The lowest BCUT2D eigenvalue weighted by molar-refractivity contribution is -0.107. The van der Waals surface area contributed by atoms with Gasteiger partial charge in [-0.15, -0.1) is 11.8 Å². The number of carbonyl (C=O) groups excluding carboxylic acids is 1. The predicted molar refractivity (Wildman–Crippen MR) is 83.4 cm³/mol. The summed E-state index contributed by atoms with van der Waals surface area (Å²) in [4.78, 5) is 16.3. The van der Waals surface area contributed by atoms with Gasteiger partial charge in [0.25, 0.3) is 0 Å². The molecule has 4 heteroatoms. The summed E-state index contributed by atoms with van der Waals surface area (Å²) < 4.78 is 0. The van der Waals surface area contributed by atoms with Gasteiger partial charge in [-0.25, -0.2) is 0 Å². The second-order valence-corrected chi connectivity index (χ2v) is 6.05. The molecule has 0 saturated carbocycles. The standard InChI is InChI=1S/C15H22N2OS/c1-3-10-19-15-7-6-13(17-8-4-5-9-17)11-14(15)16(2)12-18/h6-7,11-12H,3-5,8-10H2,1-2H3. The zero-order valence-corrected chi connectivity index (χ0v) is 12.6. The quantitative estimate of drug-likeness (QED) is 0.589. The Morgan fingerprint density at radius 2 is 2.11 bits per heavy atom. The second-order valence-electron chi connectivity index (χ2n) is 4.91. The van der Waals surface area contributed by atoms with Crippen molar-refractivity contribution in [3.05, 3.63) is 18.2 Å². The molecule has 1 amide bonds. The van der Waals surface area contributed by atoms with E-state index >= 15 is 0 Å². The van der Waals surface area contributed by atoms with E-state index in [2.05, 4.69) is 30.0 Å². The normalized spacial score (nSPS) is 14.7. The Morgan fingerprint density at radius 3 is 2.74 bits per heavy atom. The van der Waals surface area contributed by atoms with Gasteiger partial charge < -0.3 is 9.80 Å². The molecule has 0 radical (unpaired) electrons. The van der Waals surface area contributed by atoms with Crippen LogP contribution in [0.2, 0.25) is 0 Å². The number of rotatable bonds is 6. The van der Waals surface area contributed by atoms with Crippen molar-refractivity contribution in [1.82, 2.24) is 0 Å². The molecule has 3 nitrogen and oxygen atoms in total. The molecule has 0 atom stereocenters. The molecule has 2 rings (SSSR count). The summed E-state index contributed by atoms with van der Waals surface area (Å²) >= 11 is 1.82. The van der Waals surface area contributed by atoms with Crippen LogP contribution in [0, 0.1) is 0 Å². The number of benzene rings is 1. The maximum absolute atomic E-state index is 11.1. The number of carbonyl (C=O) groups is 1. The fraction of sp³-hybridized carbons (Fsp3) is 0.533. The third-order valence-electron chi connectivity index (χ3n) is 3.41. The molecule has 0 spiro atoms. The summed E-state index contributed by atoms with van der Waals surface area (Å²) in [5, 5.41) is 0. The summed E-state index contributed by atoms with van der Waals surface area (Å²) in [5.74, 6) is 1.09. The molecule has 0 bridgehead atoms. The Bertz CT molecular complexity index is 430. The molecule has 1 heterocycles. The summed E-state index contributed by atoms with van der Waals surface area (Å²) in [6, 6.07) is 6.49. The molecule has 0 aliphatic carbocycles. The van der Waals surface area contributed by atoms with Gasteiger partial charge in [0.2, 0.25) is 6.41 Å². The van der Waals surface area contributed by atoms with Crippen LogP contribution in [-0.2, 0) is 4.79 Å². The highest BCUT2D eigenvalue weighted by Gasteiger charge is 2.15. The topological polar surface area (TPSA) is 23.6 Å². The summed E-state index contributed by atoms with van der Waals surface area (Å²) in [7, 11) is 1.83. The maximum atomic E-state index is 11.1. The zero-order valence-electron chi connectivity index (χ0n) is 11.8. The summed E-state index contributed by atoms with van der Waals surface area (Å²) in [5.41, 5.74) is 2.26. The number of thioether (sulfide) groups is 1. The minimum absolute atomic E-state index is 0.888. The van der Waals surface area contributed by atoms with Crippen LogP contribution in [0.4, 0.5) is 11.4 Å². The fourth-order valence-electron chi connectivity index (χ4n) is 2.34. The van der Waals surface area contributed by atoms with Gasteiger partial charge in [-0.3, -0.25) is 4.79 Å². The van der Waals surface area contributed by atoms with E-state index < -0.39 is 0 Å². The Kier molecular flexibility index (Phi) is 5.14. The van der Waals surface area contributed by atoms with Gasteiger partial charge in [0.1, 0.15) is 0 Å². The summed E-state index contributed by atoms with van der Waals surface area (Å²) in [6.07, 6.45) is 4.57. The average molecular weight is 278 g/mol. The van der Waals surface area contributed by atoms with Crippen molar-refractivity contribution in [2.45, 2.75) is 31.1 Å². The molecule has 1 fully saturated rings. The average Bonchev–Trinajstić information content (AvgIpc) is 2.98. The van der Waals surface area contributed by atoms with Crippen molar-refractivity contribution in [3.8, 4) is 0 Å². The van der Waals surface area contributed by atoms with Crippen LogP contribution in [0.25, 0.3) is 0 Å². The Morgan fingerprint density at radius 1 is 1.37 bits per heavy atom. The molecular formula is C15H22N2OS. The Hall–Kier alpha value is -1.16. The van der Waals surface area contributed by atoms with E-state index in [9.17, 15) is 4.79 Å². The van der Waals surface area contributed by atoms with Gasteiger partial charge in [0, 0.05) is 30.7 Å². The Labute approximate surface area is 120 Å². The second kappa shape index (κ2) is 6.85. The van der Waals surface area contributed by atoms with E-state index in [1.165, 1.54) is 23.4 Å². The van der Waals surface area contributed by atoms with Gasteiger partial charge in [-0.2, -0.15) is 0 Å². The van der Waals surface area contributed by atoms with Crippen molar-refractivity contribution in [2.24, 2.45) is 0 Å². The van der Waals surface area contributed by atoms with Gasteiger partial charge in [-0.05, 0) is 43.2 Å². The van der Waals surface area contributed by atoms with Crippen molar-refractivity contribution < 1.29 is 4.79 Å². The van der Waals surface area contributed by atoms with E-state index in [0.29, 0.717) is 0 Å². The molecule has 1 aliphatic rings. The SMILES string of the molecule is CCCSc1ccc(N2CCCC2)cc1N(C)C=O. The van der Waals surface area contributed by atoms with E-state index in [0.717, 1.165) is 37.4 Å². The minimum Gasteiger partial charge on any atom is -0.371 e. The van der Waals surface area contributed by atoms with Crippen molar-refractivity contribution in [1.29, 1.82) is 0 Å². The molecule has 0 N–H and O–H groups in total. The zero-order chi connectivity index (χ0) is 13.7. The van der Waals surface area contributed by atoms with Crippen LogP contribution in [-0.4, -0.2) is 32.3 Å². The van der Waals surface area contributed by atoms with Crippen LogP contribution in [0.15, 0.2) is 23.1 Å². The van der Waals surface area contributed by atoms with Gasteiger partial charge >= 0.3 is 0 Å². The van der Waals surface area contributed by atoms with E-state index in [1.807, 2.05) is 18.8 Å². The lowest BCUT2D eigenvalue weighted by Crippen LogP contribution is -2.19. The number of nitrogens with zero attached hydrogens (tertiary/aromatic N) is 2. The summed E-state index contributed by atoms with van der Waals surface area (Å²) in [6.45, 7) is 4.44. The molecule has 104 valence electrons. The number of hydrogen-bond donors (Lipinski definition) is 0. The maximum Gasteiger partial charge on any atom is 0.213 e. The van der Waals surface area contributed by atoms with Crippen LogP contribution >= 0.6 is 11.8 Å². The van der Waals surface area contributed by atoms with E-state index in [4.69, 9.17) is 0 Å². The van der Waals surface area contributed by atoms with Gasteiger partial charge in [-0.1, -0.05) is 6.92 Å². The lowest BCUT2D eigenvalue weighted by Gasteiger charge is -2.22. The first kappa shape index (κ1) is 14.3. The van der Waals surface area contributed by atoms with Gasteiger partial charge in [0.05, 0.1) is 5.69 Å². The third kappa shape index (κ3) is 3.44. The molecular weight excluding hydrogens is 256 g/mol. The van der Waals surface area contributed by atoms with Crippen molar-refractivity contribution in [3.63, 3.8) is 0 Å². The molecule has 1 aromatic carbocycles. The fourth-order valence-corrected chi connectivity index (χ4v) is 3.28. The molecule has 0 unspecified atom stereocenters. The largest absolute Gasteiger partial charge is 0.371 e. The highest BCUT2D eigenvalue weighted by atomic mass is 32.2. The molecule has 1 aromatic rings. The molecule has 0 aromatic heterocycles. The Balaban J connectivity index is 2.26. The number of anilines is 2. The van der Waals surface area contributed by atoms with Crippen LogP contribution in [0.1, 0.15) is 26.2 Å². The minimum atomic E-state index is 0.888. The monoisotopic (exact) mass is 278 g/mol. The van der Waals surface area contributed by atoms with Crippen LogP contribution < -0.4 is 9.80 Å². The third-order valence-corrected chi connectivity index (χ3v) is 4.68. The van der Waals surface area contributed by atoms with Crippen LogP contribution in [0.5, 0.6) is 0 Å². The highest BCUT2D eigenvalue weighted by molar-refractivity contribution is 7.99. The number of hydrogen-bond acceptors (Lipinski definition) is 3. The van der Waals surface area contributed by atoms with E-state index in [1.54, 1.807) is 4.90 Å². The molecule has 1 saturated heterocycles. The smallest absolute Gasteiger partial charge is 0.213 e. The van der Waals surface area contributed by atoms with Crippen molar-refractivity contribution >= 4 is 29.5 Å². The van der Waals surface area contributed by atoms with Crippen molar-refractivity contribution in [2.75, 3.05) is 35.7 Å².